The summed E-state index contributed by atoms with van der Waals surface area (Å²) in [4.78, 5) is 0. The second kappa shape index (κ2) is 13.5. The van der Waals surface area contributed by atoms with Crippen molar-refractivity contribution in [2.24, 2.45) is 17.8 Å². The molecule has 40 heavy (non-hydrogen) atoms. The van der Waals surface area contributed by atoms with Crippen LogP contribution >= 0.6 is 0 Å². The molecule has 0 bridgehead atoms. The summed E-state index contributed by atoms with van der Waals surface area (Å²) < 4.78 is 97.2. The van der Waals surface area contributed by atoms with Crippen molar-refractivity contribution in [3.05, 3.63) is 58.7 Å². The maximum Gasteiger partial charge on any atom is 0.429 e. The number of unbranched alkanes of at least 4 members (excludes halogenated alkanes) is 2. The third-order valence-electron chi connectivity index (χ3n) is 8.96. The molecule has 2 fully saturated rings. The van der Waals surface area contributed by atoms with E-state index in [9.17, 15) is 22.0 Å². The van der Waals surface area contributed by atoms with E-state index >= 15 is 4.39 Å². The zero-order valence-electron chi connectivity index (χ0n) is 23.4. The fourth-order valence-corrected chi connectivity index (χ4v) is 6.69. The van der Waals surface area contributed by atoms with E-state index in [-0.39, 0.29) is 18.1 Å². The van der Waals surface area contributed by atoms with Gasteiger partial charge in [0.2, 0.25) is 11.6 Å². The third-order valence-corrected chi connectivity index (χ3v) is 8.96. The van der Waals surface area contributed by atoms with Crippen LogP contribution in [-0.2, 0) is 6.11 Å². The molecular weight excluding hydrogens is 530 g/mol. The minimum absolute atomic E-state index is 0.00127. The lowest BCUT2D eigenvalue weighted by molar-refractivity contribution is -0.189. The number of ether oxygens (including phenoxy) is 2. The van der Waals surface area contributed by atoms with E-state index in [0.29, 0.717) is 30.7 Å². The Bertz CT molecular complexity index is 1120. The van der Waals surface area contributed by atoms with Gasteiger partial charge in [-0.2, -0.15) is 17.6 Å². The molecule has 0 saturated heterocycles. The minimum atomic E-state index is -4.45. The zero-order valence-corrected chi connectivity index (χ0v) is 23.4. The van der Waals surface area contributed by atoms with Gasteiger partial charge < -0.3 is 9.47 Å². The van der Waals surface area contributed by atoms with Crippen LogP contribution in [0.1, 0.15) is 108 Å². The van der Waals surface area contributed by atoms with Crippen LogP contribution in [0.3, 0.4) is 0 Å². The van der Waals surface area contributed by atoms with Crippen molar-refractivity contribution in [1.82, 2.24) is 0 Å². The van der Waals surface area contributed by atoms with Crippen LogP contribution in [0, 0.1) is 41.0 Å². The van der Waals surface area contributed by atoms with E-state index in [0.717, 1.165) is 30.9 Å². The first kappa shape index (κ1) is 30.6. The average Bonchev–Trinajstić information content (AvgIpc) is 2.94. The van der Waals surface area contributed by atoms with Crippen LogP contribution in [0.2, 0.25) is 0 Å². The summed E-state index contributed by atoms with van der Waals surface area (Å²) in [6.07, 6.45) is 9.11. The Hall–Kier alpha value is -2.38. The number of halogens is 6. The highest BCUT2D eigenvalue weighted by Gasteiger charge is 2.41. The Kier molecular flexibility index (Phi) is 10.3. The smallest absolute Gasteiger partial charge is 0.429 e. The fraction of sp³-hybridized carbons (Fsp3) is 0.625. The quantitative estimate of drug-likeness (QED) is 0.198. The van der Waals surface area contributed by atoms with Gasteiger partial charge in [0.05, 0.1) is 6.61 Å². The van der Waals surface area contributed by atoms with E-state index in [1.54, 1.807) is 0 Å². The highest BCUT2D eigenvalue weighted by Crippen LogP contribution is 2.46. The molecule has 2 aromatic carbocycles. The molecule has 0 atom stereocenters. The van der Waals surface area contributed by atoms with Crippen molar-refractivity contribution >= 4 is 0 Å². The van der Waals surface area contributed by atoms with Crippen molar-refractivity contribution < 1.29 is 35.8 Å². The molecule has 4 rings (SSSR count). The monoisotopic (exact) mass is 570 g/mol. The molecule has 2 aromatic rings. The van der Waals surface area contributed by atoms with Gasteiger partial charge in [-0.3, -0.25) is 0 Å². The fourth-order valence-electron chi connectivity index (χ4n) is 6.69. The molecule has 8 heteroatoms. The SMILES string of the molecule is CCCCCC1CCC(C2CCC(c3ccc(OC(F)(F)c4ccc(OCC)c(F)c4F)c(F)c3F)CC2)CC1. The van der Waals surface area contributed by atoms with Crippen molar-refractivity contribution in [2.45, 2.75) is 103 Å². The van der Waals surface area contributed by atoms with Crippen molar-refractivity contribution in [1.29, 1.82) is 0 Å². The summed E-state index contributed by atoms with van der Waals surface area (Å²) in [5, 5.41) is 0. The standard InChI is InChI=1S/C32H40F6O2/c1-3-5-6-7-20-8-10-21(11-9-20)22-12-14-23(15-13-22)24-16-18-27(31(36)28(24)33)40-32(37,38)25-17-19-26(39-4-2)30(35)29(25)34/h16-23H,3-15H2,1-2H3. The summed E-state index contributed by atoms with van der Waals surface area (Å²) in [7, 11) is 0. The average molecular weight is 571 g/mol. The van der Waals surface area contributed by atoms with Gasteiger partial charge in [0.25, 0.3) is 0 Å². The van der Waals surface area contributed by atoms with E-state index in [1.807, 2.05) is 0 Å². The summed E-state index contributed by atoms with van der Waals surface area (Å²) in [5.41, 5.74) is -1.30. The number of hydrogen-bond donors (Lipinski definition) is 0. The summed E-state index contributed by atoms with van der Waals surface area (Å²) in [6, 6.07) is 3.65. The first-order valence-electron chi connectivity index (χ1n) is 14.8. The van der Waals surface area contributed by atoms with Gasteiger partial charge in [0.1, 0.15) is 5.56 Å². The van der Waals surface area contributed by atoms with Gasteiger partial charge >= 0.3 is 6.11 Å². The van der Waals surface area contributed by atoms with Gasteiger partial charge in [-0.05, 0) is 92.9 Å². The van der Waals surface area contributed by atoms with Crippen LogP contribution in [0.4, 0.5) is 26.3 Å². The van der Waals surface area contributed by atoms with E-state index in [4.69, 9.17) is 4.74 Å². The number of alkyl halides is 2. The topological polar surface area (TPSA) is 18.5 Å². The first-order chi connectivity index (χ1) is 19.2. The predicted molar refractivity (Wildman–Crippen MR) is 143 cm³/mol. The maximum atomic E-state index is 15.1. The molecular formula is C32H40F6O2. The number of hydrogen-bond acceptors (Lipinski definition) is 2. The van der Waals surface area contributed by atoms with Crippen LogP contribution in [-0.4, -0.2) is 6.61 Å². The summed E-state index contributed by atoms with van der Waals surface area (Å²) >= 11 is 0. The van der Waals surface area contributed by atoms with Crippen molar-refractivity contribution in [2.75, 3.05) is 6.61 Å². The Balaban J connectivity index is 1.36. The molecule has 2 aliphatic rings. The van der Waals surface area contributed by atoms with Gasteiger partial charge in [-0.1, -0.05) is 51.5 Å². The van der Waals surface area contributed by atoms with Crippen LogP contribution < -0.4 is 9.47 Å². The van der Waals surface area contributed by atoms with Gasteiger partial charge in [-0.15, -0.1) is 0 Å². The Labute approximate surface area is 233 Å². The second-order valence-corrected chi connectivity index (χ2v) is 11.5. The molecule has 0 radical (unpaired) electrons. The maximum absolute atomic E-state index is 15.1. The van der Waals surface area contributed by atoms with Crippen LogP contribution in [0.25, 0.3) is 0 Å². The molecule has 2 aliphatic carbocycles. The largest absolute Gasteiger partial charge is 0.491 e. The molecule has 0 heterocycles. The summed E-state index contributed by atoms with van der Waals surface area (Å²) in [6.45, 7) is 3.75. The number of rotatable bonds is 11. The molecule has 0 unspecified atom stereocenters. The zero-order chi connectivity index (χ0) is 28.9. The minimum Gasteiger partial charge on any atom is -0.491 e. The molecule has 2 nitrogen and oxygen atoms in total. The van der Waals surface area contributed by atoms with Crippen molar-refractivity contribution in [3.63, 3.8) is 0 Å². The van der Waals surface area contributed by atoms with E-state index in [2.05, 4.69) is 11.7 Å². The Morgan fingerprint density at radius 3 is 1.93 bits per heavy atom. The summed E-state index contributed by atoms with van der Waals surface area (Å²) in [5.74, 6) is -5.97. The second-order valence-electron chi connectivity index (χ2n) is 11.5. The molecule has 2 saturated carbocycles. The molecule has 0 aliphatic heterocycles. The van der Waals surface area contributed by atoms with Gasteiger partial charge in [0, 0.05) is 0 Å². The first-order valence-corrected chi connectivity index (χ1v) is 14.8. The predicted octanol–water partition coefficient (Wildman–Crippen LogP) is 10.4. The van der Waals surface area contributed by atoms with Crippen molar-refractivity contribution in [3.8, 4) is 11.5 Å². The lowest BCUT2D eigenvalue weighted by atomic mass is 9.68. The van der Waals surface area contributed by atoms with Crippen LogP contribution in [0.15, 0.2) is 24.3 Å². The lowest BCUT2D eigenvalue weighted by Gasteiger charge is -2.38. The molecule has 0 amide bonds. The highest BCUT2D eigenvalue weighted by molar-refractivity contribution is 5.36. The van der Waals surface area contributed by atoms with Gasteiger partial charge in [-0.25, -0.2) is 8.78 Å². The van der Waals surface area contributed by atoms with E-state index in [1.165, 1.54) is 64.4 Å². The molecule has 0 N–H and O–H groups in total. The Morgan fingerprint density at radius 2 is 1.30 bits per heavy atom. The third kappa shape index (κ3) is 6.91. The van der Waals surface area contributed by atoms with Crippen LogP contribution in [0.5, 0.6) is 11.5 Å². The van der Waals surface area contributed by atoms with E-state index < -0.39 is 46.4 Å². The Morgan fingerprint density at radius 1 is 0.700 bits per heavy atom. The lowest BCUT2D eigenvalue weighted by Crippen LogP contribution is -2.26. The number of benzene rings is 2. The van der Waals surface area contributed by atoms with Gasteiger partial charge in [0.15, 0.2) is 23.1 Å². The molecule has 0 aromatic heterocycles. The highest BCUT2D eigenvalue weighted by atomic mass is 19.3. The normalized spacial score (nSPS) is 23.7. The molecule has 222 valence electrons. The molecule has 0 spiro atoms.